The second-order valence-electron chi connectivity index (χ2n) is 4.39. The first-order valence-corrected chi connectivity index (χ1v) is 6.39. The van der Waals surface area contributed by atoms with Gasteiger partial charge in [0.15, 0.2) is 0 Å². The third kappa shape index (κ3) is 3.75. The fraction of sp³-hybridized carbons (Fsp3) is 0.462. The summed E-state index contributed by atoms with van der Waals surface area (Å²) in [6.07, 6.45) is 3.58. The van der Waals surface area contributed by atoms with Crippen molar-refractivity contribution in [2.24, 2.45) is 7.05 Å². The van der Waals surface area contributed by atoms with Crippen molar-refractivity contribution in [1.29, 1.82) is 0 Å². The number of pyridine rings is 1. The molecule has 0 aliphatic heterocycles. The summed E-state index contributed by atoms with van der Waals surface area (Å²) >= 11 is 0. The Morgan fingerprint density at radius 2 is 2.21 bits per heavy atom. The zero-order chi connectivity index (χ0) is 13.7. The number of aryl methyl sites for hydroxylation is 2. The molecule has 0 spiro atoms. The number of hydrogen-bond donors (Lipinski definition) is 1. The van der Waals surface area contributed by atoms with E-state index in [9.17, 15) is 0 Å². The minimum absolute atomic E-state index is 0.319. The fourth-order valence-corrected chi connectivity index (χ4v) is 1.82. The molecule has 0 bridgehead atoms. The van der Waals surface area contributed by atoms with E-state index in [1.165, 1.54) is 0 Å². The van der Waals surface area contributed by atoms with Crippen LogP contribution in [0.1, 0.15) is 24.6 Å². The largest absolute Gasteiger partial charge is 0.404 e. The molecule has 19 heavy (non-hydrogen) atoms. The Bertz CT molecular complexity index is 513. The van der Waals surface area contributed by atoms with Gasteiger partial charge in [-0.15, -0.1) is 5.10 Å². The second-order valence-corrected chi connectivity index (χ2v) is 4.39. The molecule has 102 valence electrons. The molecule has 0 aromatic carbocycles. The second kappa shape index (κ2) is 6.29. The van der Waals surface area contributed by atoms with E-state index in [2.05, 4.69) is 33.4 Å². The van der Waals surface area contributed by atoms with Gasteiger partial charge in [0.1, 0.15) is 6.33 Å². The molecule has 0 amide bonds. The molecule has 2 aromatic rings. The Morgan fingerprint density at radius 1 is 1.37 bits per heavy atom. The van der Waals surface area contributed by atoms with Crippen LogP contribution >= 0.6 is 0 Å². The Labute approximate surface area is 112 Å². The van der Waals surface area contributed by atoms with Gasteiger partial charge >= 0.3 is 6.01 Å². The number of nitrogens with one attached hydrogen (secondary N) is 1. The van der Waals surface area contributed by atoms with Crippen molar-refractivity contribution in [3.8, 4) is 11.9 Å². The van der Waals surface area contributed by atoms with Gasteiger partial charge in [-0.1, -0.05) is 13.3 Å². The molecule has 0 saturated carbocycles. The van der Waals surface area contributed by atoms with Crippen molar-refractivity contribution < 1.29 is 4.74 Å². The molecular formula is C13H19N5O. The maximum Gasteiger partial charge on any atom is 0.342 e. The number of ether oxygens (including phenoxy) is 1. The highest BCUT2D eigenvalue weighted by molar-refractivity contribution is 5.26. The minimum atomic E-state index is 0.319. The normalized spacial score (nSPS) is 10.7. The highest BCUT2D eigenvalue weighted by atomic mass is 16.5. The monoisotopic (exact) mass is 261 g/mol. The van der Waals surface area contributed by atoms with Gasteiger partial charge in [-0.25, -0.2) is 4.98 Å². The number of rotatable bonds is 6. The van der Waals surface area contributed by atoms with Gasteiger partial charge in [-0.2, -0.15) is 4.98 Å². The van der Waals surface area contributed by atoms with E-state index < -0.39 is 0 Å². The summed E-state index contributed by atoms with van der Waals surface area (Å²) in [5.74, 6) is 0.544. The Kier molecular flexibility index (Phi) is 4.46. The molecule has 0 unspecified atom stereocenters. The van der Waals surface area contributed by atoms with Crippen LogP contribution < -0.4 is 10.1 Å². The van der Waals surface area contributed by atoms with Crippen molar-refractivity contribution in [1.82, 2.24) is 25.1 Å². The van der Waals surface area contributed by atoms with Crippen LogP contribution in [0.5, 0.6) is 11.9 Å². The lowest BCUT2D eigenvalue weighted by Crippen LogP contribution is -2.07. The van der Waals surface area contributed by atoms with Crippen molar-refractivity contribution in [2.75, 3.05) is 7.05 Å². The maximum atomic E-state index is 5.59. The standard InChI is InChI=1S/C13H19N5O/c1-4-5-11-6-10(8-14-2)7-12(16-11)19-13-15-9-18(3)17-13/h6-7,9,14H,4-5,8H2,1-3H3. The predicted molar refractivity (Wildman–Crippen MR) is 72.1 cm³/mol. The molecular weight excluding hydrogens is 242 g/mol. The quantitative estimate of drug-likeness (QED) is 0.857. The first-order valence-electron chi connectivity index (χ1n) is 6.39. The lowest BCUT2D eigenvalue weighted by molar-refractivity contribution is 0.420. The van der Waals surface area contributed by atoms with Crippen LogP contribution in [0.25, 0.3) is 0 Å². The summed E-state index contributed by atoms with van der Waals surface area (Å²) in [7, 11) is 3.72. The molecule has 2 heterocycles. The molecule has 0 radical (unpaired) electrons. The van der Waals surface area contributed by atoms with Crippen molar-refractivity contribution in [2.45, 2.75) is 26.3 Å². The lowest BCUT2D eigenvalue weighted by Gasteiger charge is -2.07. The molecule has 2 aromatic heterocycles. The highest BCUT2D eigenvalue weighted by Crippen LogP contribution is 2.18. The Balaban J connectivity index is 2.22. The van der Waals surface area contributed by atoms with Crippen LogP contribution in [0, 0.1) is 0 Å². The van der Waals surface area contributed by atoms with Crippen LogP contribution in [0.3, 0.4) is 0 Å². The summed E-state index contributed by atoms with van der Waals surface area (Å²) in [4.78, 5) is 8.51. The van der Waals surface area contributed by atoms with Gasteiger partial charge in [0.2, 0.25) is 5.88 Å². The van der Waals surface area contributed by atoms with Crippen LogP contribution in [-0.2, 0) is 20.0 Å². The van der Waals surface area contributed by atoms with Gasteiger partial charge in [0, 0.05) is 25.4 Å². The Morgan fingerprint density at radius 3 is 2.84 bits per heavy atom. The molecule has 0 fully saturated rings. The van der Waals surface area contributed by atoms with E-state index >= 15 is 0 Å². The van der Waals surface area contributed by atoms with E-state index in [4.69, 9.17) is 4.74 Å². The van der Waals surface area contributed by atoms with Gasteiger partial charge in [0.05, 0.1) is 0 Å². The maximum absolute atomic E-state index is 5.59. The van der Waals surface area contributed by atoms with Crippen molar-refractivity contribution in [3.63, 3.8) is 0 Å². The van der Waals surface area contributed by atoms with Gasteiger partial charge < -0.3 is 10.1 Å². The fourth-order valence-electron chi connectivity index (χ4n) is 1.82. The summed E-state index contributed by atoms with van der Waals surface area (Å²) in [5, 5.41) is 7.21. The van der Waals surface area contributed by atoms with Crippen LogP contribution in [0.4, 0.5) is 0 Å². The summed E-state index contributed by atoms with van der Waals surface area (Å²) < 4.78 is 7.19. The average Bonchev–Trinajstić information content (AvgIpc) is 2.75. The minimum Gasteiger partial charge on any atom is -0.404 e. The van der Waals surface area contributed by atoms with Gasteiger partial charge in [0.25, 0.3) is 0 Å². The topological polar surface area (TPSA) is 64.9 Å². The van der Waals surface area contributed by atoms with Gasteiger partial charge in [-0.05, 0) is 25.1 Å². The molecule has 6 heteroatoms. The van der Waals surface area contributed by atoms with E-state index in [0.717, 1.165) is 30.6 Å². The SMILES string of the molecule is CCCc1cc(CNC)cc(Oc2ncn(C)n2)n1. The summed E-state index contributed by atoms with van der Waals surface area (Å²) in [5.41, 5.74) is 2.17. The first kappa shape index (κ1) is 13.5. The van der Waals surface area contributed by atoms with Crippen LogP contribution in [0.15, 0.2) is 18.5 Å². The zero-order valence-corrected chi connectivity index (χ0v) is 11.6. The summed E-state index contributed by atoms with van der Waals surface area (Å²) in [6, 6.07) is 4.32. The molecule has 0 aliphatic rings. The number of aromatic nitrogens is 4. The van der Waals surface area contributed by atoms with E-state index in [0.29, 0.717) is 11.9 Å². The number of nitrogens with zero attached hydrogens (tertiary/aromatic N) is 4. The van der Waals surface area contributed by atoms with Crippen molar-refractivity contribution in [3.05, 3.63) is 29.7 Å². The van der Waals surface area contributed by atoms with E-state index in [1.807, 2.05) is 13.1 Å². The molecule has 1 N–H and O–H groups in total. The van der Waals surface area contributed by atoms with E-state index in [1.54, 1.807) is 18.1 Å². The average molecular weight is 261 g/mol. The third-order valence-electron chi connectivity index (χ3n) is 2.58. The molecule has 0 saturated heterocycles. The molecule has 0 atom stereocenters. The first-order chi connectivity index (χ1) is 9.21. The van der Waals surface area contributed by atoms with E-state index in [-0.39, 0.29) is 0 Å². The third-order valence-corrected chi connectivity index (χ3v) is 2.58. The molecule has 2 rings (SSSR count). The predicted octanol–water partition coefficient (Wildman–Crippen LogP) is 1.67. The Hall–Kier alpha value is -1.95. The number of hydrogen-bond acceptors (Lipinski definition) is 5. The molecule has 0 aliphatic carbocycles. The molecule has 6 nitrogen and oxygen atoms in total. The summed E-state index contributed by atoms with van der Waals surface area (Å²) in [6.45, 7) is 2.92. The smallest absolute Gasteiger partial charge is 0.342 e. The van der Waals surface area contributed by atoms with Gasteiger partial charge in [-0.3, -0.25) is 4.68 Å². The highest BCUT2D eigenvalue weighted by Gasteiger charge is 2.07. The lowest BCUT2D eigenvalue weighted by atomic mass is 10.1. The van der Waals surface area contributed by atoms with Crippen LogP contribution in [-0.4, -0.2) is 26.8 Å². The van der Waals surface area contributed by atoms with Crippen LogP contribution in [0.2, 0.25) is 0 Å². The zero-order valence-electron chi connectivity index (χ0n) is 11.6. The van der Waals surface area contributed by atoms with Crippen molar-refractivity contribution >= 4 is 0 Å².